The molecule has 1 aromatic heterocycles. The van der Waals surface area contributed by atoms with E-state index in [1.165, 1.54) is 24.6 Å². The van der Waals surface area contributed by atoms with Crippen LogP contribution in [-0.4, -0.2) is 68.9 Å². The Morgan fingerprint density at radius 2 is 1.67 bits per heavy atom. The molecule has 0 unspecified atom stereocenters. The van der Waals surface area contributed by atoms with Crippen molar-refractivity contribution in [1.82, 2.24) is 14.2 Å². The Morgan fingerprint density at radius 1 is 0.939 bits per heavy atom. The zero-order valence-electron chi connectivity index (χ0n) is 19.2. The van der Waals surface area contributed by atoms with Crippen LogP contribution in [0.25, 0.3) is 10.9 Å². The van der Waals surface area contributed by atoms with Crippen molar-refractivity contribution in [2.45, 2.75) is 18.7 Å². The second kappa shape index (κ2) is 8.99. The molecule has 1 fully saturated rings. The van der Waals surface area contributed by atoms with Crippen LogP contribution in [0, 0.1) is 13.8 Å². The van der Waals surface area contributed by atoms with E-state index < -0.39 is 10.0 Å². The van der Waals surface area contributed by atoms with Crippen LogP contribution in [0.15, 0.2) is 47.4 Å². The van der Waals surface area contributed by atoms with Crippen molar-refractivity contribution in [3.63, 3.8) is 0 Å². The Morgan fingerprint density at radius 3 is 2.33 bits per heavy atom. The van der Waals surface area contributed by atoms with Gasteiger partial charge in [-0.2, -0.15) is 4.31 Å². The van der Waals surface area contributed by atoms with Crippen molar-refractivity contribution < 1.29 is 22.7 Å². The molecule has 1 aliphatic heterocycles. The summed E-state index contributed by atoms with van der Waals surface area (Å²) < 4.78 is 38.4. The predicted octanol–water partition coefficient (Wildman–Crippen LogP) is 3.02. The van der Waals surface area contributed by atoms with Gasteiger partial charge in [0.2, 0.25) is 10.0 Å². The first-order chi connectivity index (χ1) is 15.7. The van der Waals surface area contributed by atoms with Gasteiger partial charge in [0.05, 0.1) is 31.0 Å². The SMILES string of the molecule is COc1ccc(OC)c(S(=O)(=O)N2CCN(C(=O)c3cc4cc(C)ccc4nc3C)CC2)c1. The van der Waals surface area contributed by atoms with Gasteiger partial charge in [-0.1, -0.05) is 11.6 Å². The summed E-state index contributed by atoms with van der Waals surface area (Å²) in [6.45, 7) is 4.77. The topological polar surface area (TPSA) is 89.0 Å². The van der Waals surface area contributed by atoms with Crippen LogP contribution in [0.3, 0.4) is 0 Å². The van der Waals surface area contributed by atoms with Gasteiger partial charge >= 0.3 is 0 Å². The fourth-order valence-corrected chi connectivity index (χ4v) is 5.63. The van der Waals surface area contributed by atoms with Crippen LogP contribution in [0.5, 0.6) is 11.5 Å². The summed E-state index contributed by atoms with van der Waals surface area (Å²) in [6, 6.07) is 12.5. The Kier molecular flexibility index (Phi) is 6.27. The molecule has 0 bridgehead atoms. The number of piperazine rings is 1. The van der Waals surface area contributed by atoms with E-state index in [9.17, 15) is 13.2 Å². The van der Waals surface area contributed by atoms with Crippen LogP contribution in [-0.2, 0) is 10.0 Å². The number of carbonyl (C=O) groups excluding carboxylic acids is 1. The number of ether oxygens (including phenoxy) is 2. The first kappa shape index (κ1) is 23.0. The Bertz CT molecular complexity index is 1320. The van der Waals surface area contributed by atoms with Gasteiger partial charge < -0.3 is 14.4 Å². The number of sulfonamides is 1. The molecule has 1 saturated heterocycles. The second-order valence-corrected chi connectivity index (χ2v) is 9.94. The van der Waals surface area contributed by atoms with Crippen molar-refractivity contribution in [2.24, 2.45) is 0 Å². The van der Waals surface area contributed by atoms with Crippen LogP contribution < -0.4 is 9.47 Å². The number of carbonyl (C=O) groups is 1. The number of pyridine rings is 1. The number of aromatic nitrogens is 1. The Balaban J connectivity index is 1.54. The molecule has 0 spiro atoms. The molecule has 174 valence electrons. The van der Waals surface area contributed by atoms with Gasteiger partial charge in [-0.3, -0.25) is 9.78 Å². The van der Waals surface area contributed by atoms with Gasteiger partial charge in [0.15, 0.2) is 0 Å². The van der Waals surface area contributed by atoms with Gasteiger partial charge in [0, 0.05) is 37.6 Å². The molecule has 1 amide bonds. The maximum Gasteiger partial charge on any atom is 0.255 e. The maximum absolute atomic E-state index is 13.3. The molecule has 8 nitrogen and oxygen atoms in total. The summed E-state index contributed by atoms with van der Waals surface area (Å²) in [6.07, 6.45) is 0. The van der Waals surface area contributed by atoms with E-state index in [1.54, 1.807) is 17.0 Å². The number of fused-ring (bicyclic) bond motifs is 1. The zero-order valence-corrected chi connectivity index (χ0v) is 20.0. The summed E-state index contributed by atoms with van der Waals surface area (Å²) >= 11 is 0. The first-order valence-electron chi connectivity index (χ1n) is 10.6. The number of methoxy groups -OCH3 is 2. The molecular formula is C24H27N3O5S. The molecule has 2 heterocycles. The number of amides is 1. The molecule has 0 N–H and O–H groups in total. The molecule has 4 rings (SSSR count). The predicted molar refractivity (Wildman–Crippen MR) is 125 cm³/mol. The van der Waals surface area contributed by atoms with Crippen molar-refractivity contribution in [3.05, 3.63) is 59.3 Å². The second-order valence-electron chi connectivity index (χ2n) is 8.03. The summed E-state index contributed by atoms with van der Waals surface area (Å²) in [5.41, 5.74) is 3.14. The molecule has 3 aromatic rings. The quantitative estimate of drug-likeness (QED) is 0.571. The summed E-state index contributed by atoms with van der Waals surface area (Å²) in [4.78, 5) is 19.6. The normalized spacial score (nSPS) is 15.0. The minimum absolute atomic E-state index is 0.0501. The van der Waals surface area contributed by atoms with Crippen LogP contribution >= 0.6 is 0 Å². The molecule has 33 heavy (non-hydrogen) atoms. The molecular weight excluding hydrogens is 442 g/mol. The zero-order chi connectivity index (χ0) is 23.8. The highest BCUT2D eigenvalue weighted by Crippen LogP contribution is 2.31. The third-order valence-electron chi connectivity index (χ3n) is 5.91. The molecule has 0 radical (unpaired) electrons. The lowest BCUT2D eigenvalue weighted by Crippen LogP contribution is -2.50. The molecule has 0 saturated carbocycles. The highest BCUT2D eigenvalue weighted by Gasteiger charge is 2.33. The van der Waals surface area contributed by atoms with E-state index >= 15 is 0 Å². The summed E-state index contributed by atoms with van der Waals surface area (Å²) in [5.74, 6) is 0.541. The highest BCUT2D eigenvalue weighted by molar-refractivity contribution is 7.89. The lowest BCUT2D eigenvalue weighted by atomic mass is 10.1. The van der Waals surface area contributed by atoms with Crippen LogP contribution in [0.2, 0.25) is 0 Å². The van der Waals surface area contributed by atoms with Crippen molar-refractivity contribution in [2.75, 3.05) is 40.4 Å². The van der Waals surface area contributed by atoms with E-state index in [1.807, 2.05) is 38.1 Å². The van der Waals surface area contributed by atoms with Gasteiger partial charge in [-0.15, -0.1) is 0 Å². The standard InChI is InChI=1S/C24H27N3O5S/c1-16-5-7-21-18(13-16)14-20(17(2)25-21)24(28)26-9-11-27(12-10-26)33(29,30)23-15-19(31-3)6-8-22(23)32-4/h5-8,13-15H,9-12H2,1-4H3. The summed E-state index contributed by atoms with van der Waals surface area (Å²) in [5, 5.41) is 0.912. The monoisotopic (exact) mass is 469 g/mol. The largest absolute Gasteiger partial charge is 0.497 e. The fourth-order valence-electron chi connectivity index (χ4n) is 4.04. The lowest BCUT2D eigenvalue weighted by Gasteiger charge is -2.34. The van der Waals surface area contributed by atoms with Crippen LogP contribution in [0.1, 0.15) is 21.6 Å². The van der Waals surface area contributed by atoms with Gasteiger partial charge in [-0.25, -0.2) is 8.42 Å². The Labute approximate surface area is 193 Å². The first-order valence-corrected chi connectivity index (χ1v) is 12.1. The van der Waals surface area contributed by atoms with E-state index in [4.69, 9.17) is 9.47 Å². The van der Waals surface area contributed by atoms with Crippen molar-refractivity contribution >= 4 is 26.8 Å². The molecule has 0 atom stereocenters. The molecule has 0 aliphatic carbocycles. The number of aryl methyl sites for hydroxylation is 2. The molecule has 9 heteroatoms. The number of benzene rings is 2. The number of rotatable bonds is 5. The van der Waals surface area contributed by atoms with Gasteiger partial charge in [-0.05, 0) is 44.2 Å². The van der Waals surface area contributed by atoms with Crippen molar-refractivity contribution in [3.8, 4) is 11.5 Å². The molecule has 1 aliphatic rings. The smallest absolute Gasteiger partial charge is 0.255 e. The average Bonchev–Trinajstić information content (AvgIpc) is 2.83. The third-order valence-corrected chi connectivity index (χ3v) is 7.83. The highest BCUT2D eigenvalue weighted by atomic mass is 32.2. The molecule has 2 aromatic carbocycles. The van der Waals surface area contributed by atoms with E-state index in [-0.39, 0.29) is 42.7 Å². The van der Waals surface area contributed by atoms with E-state index in [0.29, 0.717) is 17.0 Å². The maximum atomic E-state index is 13.3. The number of hydrogen-bond acceptors (Lipinski definition) is 6. The average molecular weight is 470 g/mol. The number of nitrogens with zero attached hydrogens (tertiary/aromatic N) is 3. The summed E-state index contributed by atoms with van der Waals surface area (Å²) in [7, 11) is -0.906. The minimum Gasteiger partial charge on any atom is -0.497 e. The minimum atomic E-state index is -3.81. The Hall–Kier alpha value is -3.17. The number of hydrogen-bond donors (Lipinski definition) is 0. The fraction of sp³-hybridized carbons (Fsp3) is 0.333. The van der Waals surface area contributed by atoms with E-state index in [2.05, 4.69) is 4.98 Å². The lowest BCUT2D eigenvalue weighted by molar-refractivity contribution is 0.0696. The van der Waals surface area contributed by atoms with Gasteiger partial charge in [0.1, 0.15) is 16.4 Å². The van der Waals surface area contributed by atoms with Crippen LogP contribution in [0.4, 0.5) is 0 Å². The van der Waals surface area contributed by atoms with E-state index in [0.717, 1.165) is 16.5 Å². The third kappa shape index (κ3) is 4.38. The van der Waals surface area contributed by atoms with Crippen molar-refractivity contribution in [1.29, 1.82) is 0 Å². The van der Waals surface area contributed by atoms with Gasteiger partial charge in [0.25, 0.3) is 5.91 Å².